The maximum Gasteiger partial charge on any atom is 0.267 e. The number of carbonyl (C=O) groups excluding carboxylic acids is 2. The van der Waals surface area contributed by atoms with Crippen LogP contribution < -0.4 is 10.6 Å². The van der Waals surface area contributed by atoms with Crippen molar-refractivity contribution in [2.24, 2.45) is 16.8 Å². The summed E-state index contributed by atoms with van der Waals surface area (Å²) in [7, 11) is 0. The molecule has 2 N–H and O–H groups in total. The van der Waals surface area contributed by atoms with Gasteiger partial charge in [0.15, 0.2) is 0 Å². The van der Waals surface area contributed by atoms with Crippen molar-refractivity contribution in [3.8, 4) is 0 Å². The molecule has 2 aliphatic heterocycles. The van der Waals surface area contributed by atoms with Crippen LogP contribution in [-0.2, 0) is 4.79 Å². The molecule has 8 nitrogen and oxygen atoms in total. The van der Waals surface area contributed by atoms with Crippen LogP contribution in [0.3, 0.4) is 0 Å². The predicted octanol–water partition coefficient (Wildman–Crippen LogP) is 2.03. The van der Waals surface area contributed by atoms with E-state index >= 15 is 0 Å². The van der Waals surface area contributed by atoms with Crippen molar-refractivity contribution in [2.75, 3.05) is 18.0 Å². The van der Waals surface area contributed by atoms with Crippen molar-refractivity contribution in [1.82, 2.24) is 15.0 Å². The number of hydrazone groups is 1. The molecule has 2 aliphatic rings. The molecule has 4 rings (SSSR count). The van der Waals surface area contributed by atoms with Crippen molar-refractivity contribution in [3.05, 3.63) is 53.5 Å². The molecule has 2 amide bonds. The second kappa shape index (κ2) is 8.13. The molecule has 2 aromatic rings. The molecule has 0 radical (unpaired) electrons. The van der Waals surface area contributed by atoms with Gasteiger partial charge in [0, 0.05) is 43.8 Å². The van der Waals surface area contributed by atoms with Gasteiger partial charge in [-0.25, -0.2) is 23.8 Å². The number of primary amides is 1. The molecule has 156 valence electrons. The van der Waals surface area contributed by atoms with Crippen LogP contribution >= 0.6 is 0 Å². The fourth-order valence-corrected chi connectivity index (χ4v) is 3.87. The van der Waals surface area contributed by atoms with E-state index in [0.29, 0.717) is 43.7 Å². The lowest BCUT2D eigenvalue weighted by Gasteiger charge is -2.34. The highest BCUT2D eigenvalue weighted by atomic mass is 19.1. The van der Waals surface area contributed by atoms with E-state index in [1.807, 2.05) is 4.90 Å². The number of nitrogens with zero attached hydrogens (tertiary/aromatic N) is 5. The molecule has 0 spiro atoms. The number of carbonyl (C=O) groups is 2. The van der Waals surface area contributed by atoms with Gasteiger partial charge in [-0.05, 0) is 30.5 Å². The number of hydrogen-bond donors (Lipinski definition) is 1. The highest BCUT2D eigenvalue weighted by molar-refractivity contribution is 5.91. The number of halogens is 2. The Morgan fingerprint density at radius 2 is 1.73 bits per heavy atom. The number of aromatic nitrogens is 2. The van der Waals surface area contributed by atoms with Gasteiger partial charge in [-0.2, -0.15) is 5.10 Å². The van der Waals surface area contributed by atoms with Gasteiger partial charge in [-0.1, -0.05) is 0 Å². The lowest BCUT2D eigenvalue weighted by Crippen LogP contribution is -2.41. The van der Waals surface area contributed by atoms with E-state index in [-0.39, 0.29) is 17.5 Å². The Bertz CT molecular complexity index is 986. The molecule has 10 heteroatoms. The Kier molecular flexibility index (Phi) is 5.39. The molecular formula is C20H20F2N6O2. The molecule has 0 bridgehead atoms. The van der Waals surface area contributed by atoms with Crippen LogP contribution in [0.2, 0.25) is 0 Å². The minimum Gasteiger partial charge on any atom is -0.364 e. The summed E-state index contributed by atoms with van der Waals surface area (Å²) in [4.78, 5) is 34.4. The van der Waals surface area contributed by atoms with E-state index in [1.165, 1.54) is 29.5 Å². The van der Waals surface area contributed by atoms with Crippen LogP contribution in [0.15, 0.2) is 35.7 Å². The summed E-state index contributed by atoms with van der Waals surface area (Å²) in [5.41, 5.74) is 5.78. The molecule has 3 heterocycles. The SMILES string of the molecule is NC(=O)c1cc(N2CCC(C(=O)N3N=CC[C@H]3c3cc(F)cc(F)c3)CC2)ncn1. The zero-order valence-corrected chi connectivity index (χ0v) is 16.0. The normalized spacial score (nSPS) is 19.3. The highest BCUT2D eigenvalue weighted by Crippen LogP contribution is 2.33. The molecule has 1 fully saturated rings. The third kappa shape index (κ3) is 3.98. The Labute approximate surface area is 171 Å². The average Bonchev–Trinajstić information content (AvgIpc) is 3.23. The summed E-state index contributed by atoms with van der Waals surface area (Å²) in [6.07, 6.45) is 4.40. The van der Waals surface area contributed by atoms with Crippen LogP contribution in [0.1, 0.15) is 41.4 Å². The maximum absolute atomic E-state index is 13.6. The van der Waals surface area contributed by atoms with Crippen LogP contribution in [0.25, 0.3) is 0 Å². The van der Waals surface area contributed by atoms with Gasteiger partial charge in [-0.15, -0.1) is 0 Å². The Morgan fingerprint density at radius 3 is 2.40 bits per heavy atom. The molecule has 0 unspecified atom stereocenters. The first-order chi connectivity index (χ1) is 14.4. The largest absolute Gasteiger partial charge is 0.364 e. The lowest BCUT2D eigenvalue weighted by atomic mass is 9.94. The summed E-state index contributed by atoms with van der Waals surface area (Å²) >= 11 is 0. The topological polar surface area (TPSA) is 105 Å². The molecule has 1 saturated heterocycles. The standard InChI is InChI=1S/C20H20F2N6O2/c21-14-7-13(8-15(22)9-14)17-1-4-26-28(17)20(30)12-2-5-27(6-3-12)18-10-16(19(23)29)24-11-25-18/h4,7-12,17H,1-3,5-6H2,(H2,23,29)/t17-/m0/s1. The Hall–Kier alpha value is -3.43. The van der Waals surface area contributed by atoms with Crippen LogP contribution in [0.5, 0.6) is 0 Å². The van der Waals surface area contributed by atoms with Gasteiger partial charge in [0.2, 0.25) is 5.91 Å². The van der Waals surface area contributed by atoms with Gasteiger partial charge < -0.3 is 10.6 Å². The van der Waals surface area contributed by atoms with Crippen LogP contribution in [0.4, 0.5) is 14.6 Å². The fraction of sp³-hybridized carbons (Fsp3) is 0.350. The monoisotopic (exact) mass is 414 g/mol. The first-order valence-corrected chi connectivity index (χ1v) is 9.60. The first-order valence-electron chi connectivity index (χ1n) is 9.60. The number of nitrogens with two attached hydrogens (primary N) is 1. The second-order valence-corrected chi connectivity index (χ2v) is 7.32. The van der Waals surface area contributed by atoms with E-state index in [1.54, 1.807) is 6.21 Å². The summed E-state index contributed by atoms with van der Waals surface area (Å²) in [5, 5.41) is 5.50. The first kappa shape index (κ1) is 19.9. The minimum absolute atomic E-state index is 0.134. The summed E-state index contributed by atoms with van der Waals surface area (Å²) in [6.45, 7) is 1.12. The van der Waals surface area contributed by atoms with Crippen LogP contribution in [0, 0.1) is 17.6 Å². The minimum atomic E-state index is -0.683. The predicted molar refractivity (Wildman–Crippen MR) is 105 cm³/mol. The number of rotatable bonds is 4. The van der Waals surface area contributed by atoms with E-state index in [4.69, 9.17) is 5.73 Å². The second-order valence-electron chi connectivity index (χ2n) is 7.32. The summed E-state index contributed by atoms with van der Waals surface area (Å²) in [6, 6.07) is 4.29. The highest BCUT2D eigenvalue weighted by Gasteiger charge is 2.35. The van der Waals surface area contributed by atoms with Gasteiger partial charge in [0.05, 0.1) is 6.04 Å². The average molecular weight is 414 g/mol. The zero-order chi connectivity index (χ0) is 21.3. The lowest BCUT2D eigenvalue weighted by molar-refractivity contribution is -0.138. The Balaban J connectivity index is 1.43. The van der Waals surface area contributed by atoms with Gasteiger partial charge in [0.25, 0.3) is 5.91 Å². The molecule has 0 saturated carbocycles. The molecule has 30 heavy (non-hydrogen) atoms. The van der Waals surface area contributed by atoms with Gasteiger partial charge >= 0.3 is 0 Å². The summed E-state index contributed by atoms with van der Waals surface area (Å²) < 4.78 is 27.2. The fourth-order valence-electron chi connectivity index (χ4n) is 3.87. The van der Waals surface area contributed by atoms with Crippen molar-refractivity contribution in [3.63, 3.8) is 0 Å². The van der Waals surface area contributed by atoms with E-state index in [2.05, 4.69) is 15.1 Å². The van der Waals surface area contributed by atoms with Crippen LogP contribution in [-0.4, -0.2) is 46.1 Å². The molecular weight excluding hydrogens is 394 g/mol. The molecule has 1 atom stereocenters. The molecule has 1 aromatic carbocycles. The van der Waals surface area contributed by atoms with E-state index < -0.39 is 23.6 Å². The third-order valence-electron chi connectivity index (χ3n) is 5.40. The number of amides is 2. The quantitative estimate of drug-likeness (QED) is 0.824. The van der Waals surface area contributed by atoms with Gasteiger partial charge in [0.1, 0.15) is 29.5 Å². The van der Waals surface area contributed by atoms with Crippen molar-refractivity contribution in [1.29, 1.82) is 0 Å². The van der Waals surface area contributed by atoms with Crippen molar-refractivity contribution in [2.45, 2.75) is 25.3 Å². The number of piperidine rings is 1. The Morgan fingerprint density at radius 1 is 1.03 bits per heavy atom. The maximum atomic E-state index is 13.6. The molecule has 1 aromatic heterocycles. The number of anilines is 1. The number of hydrogen-bond acceptors (Lipinski definition) is 6. The van der Waals surface area contributed by atoms with E-state index in [9.17, 15) is 18.4 Å². The van der Waals surface area contributed by atoms with E-state index in [0.717, 1.165) is 6.07 Å². The molecule has 0 aliphatic carbocycles. The van der Waals surface area contributed by atoms with Crippen molar-refractivity contribution >= 4 is 23.8 Å². The van der Waals surface area contributed by atoms with Gasteiger partial charge in [-0.3, -0.25) is 9.59 Å². The van der Waals surface area contributed by atoms with Crippen molar-refractivity contribution < 1.29 is 18.4 Å². The zero-order valence-electron chi connectivity index (χ0n) is 16.0. The smallest absolute Gasteiger partial charge is 0.267 e. The third-order valence-corrected chi connectivity index (χ3v) is 5.40. The number of benzene rings is 1. The summed E-state index contributed by atoms with van der Waals surface area (Å²) in [5.74, 6) is -1.85.